The van der Waals surface area contributed by atoms with E-state index in [1.54, 1.807) is 52.0 Å². The smallest absolute Gasteiger partial charge is 0.256 e. The number of Topliss-reactive ketones (excluding diaryl/α,β-unsaturated/α-hetero) is 1. The first-order valence-electron chi connectivity index (χ1n) is 9.33. The zero-order valence-electron chi connectivity index (χ0n) is 16.6. The fourth-order valence-electron chi connectivity index (χ4n) is 3.82. The number of hydrogen-bond donors (Lipinski definition) is 1. The minimum absolute atomic E-state index is 0.0397. The zero-order chi connectivity index (χ0) is 20.3. The van der Waals surface area contributed by atoms with E-state index in [9.17, 15) is 9.59 Å². The number of anilines is 1. The van der Waals surface area contributed by atoms with E-state index in [4.69, 9.17) is 23.7 Å². The van der Waals surface area contributed by atoms with Gasteiger partial charge in [-0.2, -0.15) is 0 Å². The molecular formula is C20H25NO7. The van der Waals surface area contributed by atoms with Gasteiger partial charge in [0.2, 0.25) is 0 Å². The Morgan fingerprint density at radius 3 is 2.07 bits per heavy atom. The molecule has 0 bridgehead atoms. The lowest BCUT2D eigenvalue weighted by molar-refractivity contribution is -0.229. The largest absolute Gasteiger partial charge is 0.342 e. The van der Waals surface area contributed by atoms with E-state index in [1.165, 1.54) is 6.92 Å². The van der Waals surface area contributed by atoms with Crippen LogP contribution in [0.1, 0.15) is 45.0 Å². The molecule has 3 fully saturated rings. The van der Waals surface area contributed by atoms with Crippen molar-refractivity contribution in [1.82, 2.24) is 0 Å². The van der Waals surface area contributed by atoms with Gasteiger partial charge < -0.3 is 29.0 Å². The molecule has 28 heavy (non-hydrogen) atoms. The van der Waals surface area contributed by atoms with Crippen LogP contribution < -0.4 is 5.32 Å². The van der Waals surface area contributed by atoms with Crippen molar-refractivity contribution < 1.29 is 33.3 Å². The second-order valence-electron chi connectivity index (χ2n) is 8.21. The maximum atomic E-state index is 13.0. The molecule has 3 saturated heterocycles. The van der Waals surface area contributed by atoms with Crippen molar-refractivity contribution in [3.63, 3.8) is 0 Å². The second kappa shape index (κ2) is 6.60. The summed E-state index contributed by atoms with van der Waals surface area (Å²) in [6, 6.07) is 6.67. The molecule has 0 saturated carbocycles. The molecule has 5 atom stereocenters. The van der Waals surface area contributed by atoms with Crippen molar-refractivity contribution in [3.8, 4) is 0 Å². The number of carbonyl (C=O) groups excluding carboxylic acids is 2. The van der Waals surface area contributed by atoms with E-state index in [-0.39, 0.29) is 11.7 Å². The molecule has 0 radical (unpaired) electrons. The Balaban J connectivity index is 1.54. The van der Waals surface area contributed by atoms with Crippen molar-refractivity contribution in [2.24, 2.45) is 0 Å². The number of ether oxygens (including phenoxy) is 5. The van der Waals surface area contributed by atoms with Crippen LogP contribution in [0.5, 0.6) is 0 Å². The normalized spacial score (nSPS) is 35.1. The van der Waals surface area contributed by atoms with Gasteiger partial charge in [-0.05, 0) is 58.9 Å². The molecule has 1 aromatic carbocycles. The summed E-state index contributed by atoms with van der Waals surface area (Å²) in [6.07, 6.45) is -3.28. The molecule has 3 aliphatic rings. The summed E-state index contributed by atoms with van der Waals surface area (Å²) >= 11 is 0. The zero-order valence-corrected chi connectivity index (χ0v) is 16.6. The maximum Gasteiger partial charge on any atom is 0.256 e. The van der Waals surface area contributed by atoms with Gasteiger partial charge in [-0.3, -0.25) is 9.59 Å². The fraction of sp³-hybridized carbons (Fsp3) is 0.600. The van der Waals surface area contributed by atoms with Crippen LogP contribution in [0.3, 0.4) is 0 Å². The molecule has 8 nitrogen and oxygen atoms in total. The average molecular weight is 391 g/mol. The summed E-state index contributed by atoms with van der Waals surface area (Å²) in [5, 5.41) is 2.81. The Labute approximate surface area is 163 Å². The third-order valence-electron chi connectivity index (χ3n) is 4.97. The summed E-state index contributed by atoms with van der Waals surface area (Å²) in [5.41, 5.74) is 1.13. The molecule has 1 aromatic rings. The van der Waals surface area contributed by atoms with Crippen molar-refractivity contribution in [2.75, 3.05) is 5.32 Å². The number of benzene rings is 1. The van der Waals surface area contributed by atoms with Crippen LogP contribution >= 0.6 is 0 Å². The Morgan fingerprint density at radius 1 is 0.857 bits per heavy atom. The van der Waals surface area contributed by atoms with E-state index < -0.39 is 42.3 Å². The van der Waals surface area contributed by atoms with E-state index in [2.05, 4.69) is 5.32 Å². The molecule has 1 amide bonds. The molecule has 0 aromatic heterocycles. The molecule has 0 unspecified atom stereocenters. The fourth-order valence-corrected chi connectivity index (χ4v) is 3.82. The first kappa shape index (κ1) is 19.5. The summed E-state index contributed by atoms with van der Waals surface area (Å²) in [7, 11) is 0. The quantitative estimate of drug-likeness (QED) is 0.790. The van der Waals surface area contributed by atoms with E-state index >= 15 is 0 Å². The monoisotopic (exact) mass is 391 g/mol. The molecule has 4 rings (SSSR count). The van der Waals surface area contributed by atoms with Crippen LogP contribution in [0.15, 0.2) is 24.3 Å². The van der Waals surface area contributed by atoms with Crippen LogP contribution in [-0.4, -0.2) is 54.0 Å². The highest BCUT2D eigenvalue weighted by molar-refractivity contribution is 5.97. The third-order valence-corrected chi connectivity index (χ3v) is 4.97. The van der Waals surface area contributed by atoms with Crippen molar-refractivity contribution in [2.45, 2.75) is 76.9 Å². The van der Waals surface area contributed by atoms with Gasteiger partial charge in [0.15, 0.2) is 29.8 Å². The molecule has 1 N–H and O–H groups in total. The number of ketones is 1. The van der Waals surface area contributed by atoms with Gasteiger partial charge in [0.05, 0.1) is 0 Å². The Hall–Kier alpha value is -1.84. The minimum Gasteiger partial charge on any atom is -0.342 e. The topological polar surface area (TPSA) is 92.3 Å². The predicted molar refractivity (Wildman–Crippen MR) is 97.6 cm³/mol. The molecule has 0 spiro atoms. The summed E-state index contributed by atoms with van der Waals surface area (Å²) in [5.74, 6) is -2.13. The summed E-state index contributed by atoms with van der Waals surface area (Å²) in [6.45, 7) is 8.64. The number of fused-ring (bicyclic) bond motifs is 3. The number of rotatable bonds is 3. The summed E-state index contributed by atoms with van der Waals surface area (Å²) < 4.78 is 29.6. The lowest BCUT2D eigenvalue weighted by atomic mass is 9.98. The average Bonchev–Trinajstić information content (AvgIpc) is 3.08. The van der Waals surface area contributed by atoms with Gasteiger partial charge in [-0.15, -0.1) is 0 Å². The first-order chi connectivity index (χ1) is 13.0. The van der Waals surface area contributed by atoms with Crippen LogP contribution in [0, 0.1) is 0 Å². The van der Waals surface area contributed by atoms with Gasteiger partial charge in [0.1, 0.15) is 18.3 Å². The van der Waals surface area contributed by atoms with Crippen molar-refractivity contribution >= 4 is 17.4 Å². The van der Waals surface area contributed by atoms with Crippen LogP contribution in [0.25, 0.3) is 0 Å². The molecule has 152 valence electrons. The van der Waals surface area contributed by atoms with E-state index in [0.29, 0.717) is 11.3 Å². The minimum atomic E-state index is -0.932. The van der Waals surface area contributed by atoms with Gasteiger partial charge >= 0.3 is 0 Å². The number of carbonyl (C=O) groups is 2. The lowest BCUT2D eigenvalue weighted by Crippen LogP contribution is -2.58. The molecule has 8 heteroatoms. The molecule has 3 aliphatic heterocycles. The van der Waals surface area contributed by atoms with Crippen molar-refractivity contribution in [1.29, 1.82) is 0 Å². The van der Waals surface area contributed by atoms with Crippen LogP contribution in [0.2, 0.25) is 0 Å². The van der Waals surface area contributed by atoms with Gasteiger partial charge in [-0.25, -0.2) is 0 Å². The van der Waals surface area contributed by atoms with Crippen LogP contribution in [0.4, 0.5) is 5.69 Å². The lowest BCUT2D eigenvalue weighted by Gasteiger charge is -2.36. The number of nitrogens with one attached hydrogen (secondary N) is 1. The van der Waals surface area contributed by atoms with Gasteiger partial charge in [0.25, 0.3) is 5.91 Å². The number of amides is 1. The third kappa shape index (κ3) is 3.58. The Kier molecular flexibility index (Phi) is 4.59. The standard InChI is InChI=1S/C20H25NO7/c1-10(22)11-6-8-12(9-7-11)21-17(23)15-13-14(26-19(2,3)25-13)16-18(24-15)28-20(4,5)27-16/h6-9,13-16,18H,1-5H3,(H,21,23)/t13-,14-,15-,16+,18-/m0/s1. The predicted octanol–water partition coefficient (Wildman–Crippen LogP) is 2.22. The maximum absolute atomic E-state index is 13.0. The molecule has 0 aliphatic carbocycles. The Morgan fingerprint density at radius 2 is 1.43 bits per heavy atom. The highest BCUT2D eigenvalue weighted by Crippen LogP contribution is 2.44. The highest BCUT2D eigenvalue weighted by Gasteiger charge is 2.62. The van der Waals surface area contributed by atoms with E-state index in [0.717, 1.165) is 0 Å². The van der Waals surface area contributed by atoms with Crippen molar-refractivity contribution in [3.05, 3.63) is 29.8 Å². The summed E-state index contributed by atoms with van der Waals surface area (Å²) in [4.78, 5) is 24.4. The highest BCUT2D eigenvalue weighted by atomic mass is 16.9. The SMILES string of the molecule is CC(=O)c1ccc(NC(=O)[C@H]2O[C@H]3OC(C)(C)O[C@@H]3[C@H]3OC(C)(C)O[C@@H]32)cc1. The second-order valence-corrected chi connectivity index (χ2v) is 8.21. The van der Waals surface area contributed by atoms with Gasteiger partial charge in [-0.1, -0.05) is 0 Å². The molecule has 3 heterocycles. The van der Waals surface area contributed by atoms with Gasteiger partial charge in [0, 0.05) is 11.3 Å². The molecular weight excluding hydrogens is 366 g/mol. The van der Waals surface area contributed by atoms with E-state index in [1.807, 2.05) is 0 Å². The number of hydrogen-bond acceptors (Lipinski definition) is 7. The van der Waals surface area contributed by atoms with Crippen LogP contribution in [-0.2, 0) is 28.5 Å². The first-order valence-corrected chi connectivity index (χ1v) is 9.33. The Bertz CT molecular complexity index is 788.